The number of anilines is 1. The molecular formula is C21H35ClN4O3+2. The predicted octanol–water partition coefficient (Wildman–Crippen LogP) is -0.236. The van der Waals surface area contributed by atoms with Crippen LogP contribution in [-0.2, 0) is 9.59 Å². The van der Waals surface area contributed by atoms with E-state index in [1.807, 2.05) is 27.7 Å². The summed E-state index contributed by atoms with van der Waals surface area (Å²) in [6.07, 6.45) is 0.978. The number of carbonyl (C=O) groups is 2. The van der Waals surface area contributed by atoms with Gasteiger partial charge >= 0.3 is 0 Å². The van der Waals surface area contributed by atoms with Gasteiger partial charge in [0.15, 0.2) is 12.6 Å². The maximum Gasteiger partial charge on any atom is 0.282 e. The summed E-state index contributed by atoms with van der Waals surface area (Å²) in [5, 5.41) is 6.52. The molecule has 0 saturated carbocycles. The summed E-state index contributed by atoms with van der Waals surface area (Å²) in [6.45, 7) is 12.0. The van der Waals surface area contributed by atoms with Gasteiger partial charge in [-0.1, -0.05) is 11.6 Å². The second kappa shape index (κ2) is 10.3. The van der Waals surface area contributed by atoms with Gasteiger partial charge in [-0.25, -0.2) is 0 Å². The minimum atomic E-state index is -0.215. The number of hydrogen-bond acceptors (Lipinski definition) is 3. The van der Waals surface area contributed by atoms with Crippen molar-refractivity contribution in [2.24, 2.45) is 0 Å². The van der Waals surface area contributed by atoms with E-state index >= 15 is 0 Å². The van der Waals surface area contributed by atoms with Gasteiger partial charge in [-0.2, -0.15) is 0 Å². The number of methoxy groups -OCH3 is 1. The lowest BCUT2D eigenvalue weighted by atomic mass is 10.1. The Labute approximate surface area is 178 Å². The zero-order valence-corrected chi connectivity index (χ0v) is 18.9. The lowest BCUT2D eigenvalue weighted by Gasteiger charge is -2.24. The first-order valence-electron chi connectivity index (χ1n) is 10.2. The van der Waals surface area contributed by atoms with Gasteiger partial charge < -0.3 is 25.2 Å². The van der Waals surface area contributed by atoms with Crippen LogP contribution >= 0.6 is 11.6 Å². The Morgan fingerprint density at radius 2 is 1.93 bits per heavy atom. The first-order valence-corrected chi connectivity index (χ1v) is 10.6. The van der Waals surface area contributed by atoms with Crippen LogP contribution in [-0.4, -0.2) is 63.2 Å². The number of quaternary nitrogens is 2. The average molecular weight is 427 g/mol. The number of ether oxygens (including phenoxy) is 1. The van der Waals surface area contributed by atoms with Crippen molar-refractivity contribution in [1.29, 1.82) is 0 Å². The molecule has 2 rings (SSSR count). The molecule has 0 spiro atoms. The van der Waals surface area contributed by atoms with Gasteiger partial charge in [-0.15, -0.1) is 0 Å². The summed E-state index contributed by atoms with van der Waals surface area (Å²) in [6, 6.07) is 4.96. The van der Waals surface area contributed by atoms with Gasteiger partial charge in [0.25, 0.3) is 11.8 Å². The lowest BCUT2D eigenvalue weighted by molar-refractivity contribution is -0.942. The Morgan fingerprint density at radius 3 is 2.59 bits per heavy atom. The number of benzene rings is 1. The Kier molecular flexibility index (Phi) is 8.31. The van der Waals surface area contributed by atoms with E-state index in [1.54, 1.807) is 25.3 Å². The molecule has 7 nitrogen and oxygen atoms in total. The molecule has 29 heavy (non-hydrogen) atoms. The zero-order valence-electron chi connectivity index (χ0n) is 18.2. The fourth-order valence-corrected chi connectivity index (χ4v) is 3.83. The summed E-state index contributed by atoms with van der Waals surface area (Å²) < 4.78 is 5.31. The van der Waals surface area contributed by atoms with Crippen molar-refractivity contribution in [3.63, 3.8) is 0 Å². The molecule has 1 heterocycles. The van der Waals surface area contributed by atoms with E-state index < -0.39 is 0 Å². The van der Waals surface area contributed by atoms with Crippen LogP contribution in [0.15, 0.2) is 18.2 Å². The normalized spacial score (nSPS) is 21.0. The summed E-state index contributed by atoms with van der Waals surface area (Å²) in [7, 11) is 1.57. The van der Waals surface area contributed by atoms with E-state index in [2.05, 4.69) is 10.6 Å². The lowest BCUT2D eigenvalue weighted by Crippen LogP contribution is -3.20. The summed E-state index contributed by atoms with van der Waals surface area (Å²) in [5.41, 5.74) is 0.366. The van der Waals surface area contributed by atoms with Crippen molar-refractivity contribution in [3.05, 3.63) is 23.2 Å². The van der Waals surface area contributed by atoms with Crippen molar-refractivity contribution >= 4 is 29.1 Å². The zero-order chi connectivity index (χ0) is 21.6. The topological polar surface area (TPSA) is 76.3 Å². The van der Waals surface area contributed by atoms with Gasteiger partial charge in [0.2, 0.25) is 0 Å². The molecule has 162 valence electrons. The molecule has 1 aromatic rings. The van der Waals surface area contributed by atoms with Crippen molar-refractivity contribution in [3.8, 4) is 5.75 Å². The molecule has 1 aliphatic heterocycles. The molecule has 0 bridgehead atoms. The van der Waals surface area contributed by atoms with Crippen LogP contribution in [0.25, 0.3) is 0 Å². The fraction of sp³-hybridized carbons (Fsp3) is 0.619. The Bertz CT molecular complexity index is 720. The van der Waals surface area contributed by atoms with Crippen LogP contribution in [0.1, 0.15) is 34.1 Å². The maximum atomic E-state index is 12.8. The van der Waals surface area contributed by atoms with Crippen LogP contribution < -0.4 is 25.2 Å². The summed E-state index contributed by atoms with van der Waals surface area (Å²) in [4.78, 5) is 27.5. The minimum Gasteiger partial charge on any atom is -0.495 e. The second-order valence-electron chi connectivity index (χ2n) is 8.79. The Hall–Kier alpha value is -1.83. The molecule has 1 aromatic carbocycles. The molecule has 2 amide bonds. The molecule has 0 aromatic heterocycles. The van der Waals surface area contributed by atoms with Crippen LogP contribution in [0.2, 0.25) is 5.02 Å². The first-order chi connectivity index (χ1) is 13.6. The molecule has 3 atom stereocenters. The molecule has 0 aliphatic carbocycles. The highest BCUT2D eigenvalue weighted by molar-refractivity contribution is 6.31. The monoisotopic (exact) mass is 426 g/mol. The number of halogens is 1. The van der Waals surface area contributed by atoms with E-state index in [4.69, 9.17) is 16.3 Å². The second-order valence-corrected chi connectivity index (χ2v) is 9.23. The van der Waals surface area contributed by atoms with E-state index in [0.717, 1.165) is 32.6 Å². The number of rotatable bonds is 6. The van der Waals surface area contributed by atoms with Gasteiger partial charge in [-0.05, 0) is 45.9 Å². The fourth-order valence-electron chi connectivity index (χ4n) is 3.66. The van der Waals surface area contributed by atoms with E-state index in [1.165, 1.54) is 9.80 Å². The van der Waals surface area contributed by atoms with Gasteiger partial charge in [-0.3, -0.25) is 9.59 Å². The molecular weight excluding hydrogens is 392 g/mol. The molecule has 4 N–H and O–H groups in total. The number of hydrogen-bond donors (Lipinski definition) is 4. The Morgan fingerprint density at radius 1 is 1.21 bits per heavy atom. The van der Waals surface area contributed by atoms with Crippen LogP contribution in [0, 0.1) is 0 Å². The quantitative estimate of drug-likeness (QED) is 0.507. The van der Waals surface area contributed by atoms with Gasteiger partial charge in [0.05, 0.1) is 25.9 Å². The number of carbonyl (C=O) groups excluding carboxylic acids is 2. The standard InChI is InChI=1S/C21H33ClN4O3/c1-15(20(28)23-17-13-16(22)7-8-18(17)29-5)26-10-6-9-25(11-12-26)14-19(27)24-21(2,3)4/h7-8,13,15H,6,9-12,14H2,1-5H3,(H,23,28)(H,24,27)/p+2/t15-/m0/s1. The third-order valence-corrected chi connectivity index (χ3v) is 5.41. The van der Waals surface area contributed by atoms with E-state index in [0.29, 0.717) is 23.0 Å². The van der Waals surface area contributed by atoms with Crippen LogP contribution in [0.5, 0.6) is 5.75 Å². The molecule has 1 aliphatic rings. The third kappa shape index (κ3) is 7.49. The highest BCUT2D eigenvalue weighted by Crippen LogP contribution is 2.27. The largest absolute Gasteiger partial charge is 0.495 e. The summed E-state index contributed by atoms with van der Waals surface area (Å²) >= 11 is 6.06. The van der Waals surface area contributed by atoms with Gasteiger partial charge in [0, 0.05) is 17.0 Å². The molecule has 0 radical (unpaired) electrons. The molecule has 1 fully saturated rings. The minimum absolute atomic E-state index is 0.0607. The molecule has 1 saturated heterocycles. The summed E-state index contributed by atoms with van der Waals surface area (Å²) in [5.74, 6) is 0.602. The predicted molar refractivity (Wildman–Crippen MR) is 115 cm³/mol. The van der Waals surface area contributed by atoms with Crippen molar-refractivity contribution < 1.29 is 24.1 Å². The SMILES string of the molecule is COc1ccc(Cl)cc1NC(=O)[C@H](C)[NH+]1CCC[NH+](CC(=O)NC(C)(C)C)CC1. The van der Waals surface area contributed by atoms with Crippen LogP contribution in [0.3, 0.4) is 0 Å². The first kappa shape index (κ1) is 23.4. The van der Waals surface area contributed by atoms with E-state index in [9.17, 15) is 9.59 Å². The molecule has 2 unspecified atom stereocenters. The maximum absolute atomic E-state index is 12.8. The van der Waals surface area contributed by atoms with Crippen molar-refractivity contribution in [2.75, 3.05) is 45.2 Å². The molecule has 8 heteroatoms. The average Bonchev–Trinajstić information content (AvgIpc) is 2.85. The van der Waals surface area contributed by atoms with Crippen molar-refractivity contribution in [2.45, 2.75) is 45.7 Å². The Balaban J connectivity index is 1.91. The third-order valence-electron chi connectivity index (χ3n) is 5.18. The smallest absolute Gasteiger partial charge is 0.282 e. The van der Waals surface area contributed by atoms with Gasteiger partial charge in [0.1, 0.15) is 18.8 Å². The van der Waals surface area contributed by atoms with Crippen LogP contribution in [0.4, 0.5) is 5.69 Å². The highest BCUT2D eigenvalue weighted by atomic mass is 35.5. The van der Waals surface area contributed by atoms with E-state index in [-0.39, 0.29) is 23.4 Å². The van der Waals surface area contributed by atoms with Crippen molar-refractivity contribution in [1.82, 2.24) is 5.32 Å². The number of amides is 2. The highest BCUT2D eigenvalue weighted by Gasteiger charge is 2.30. The number of nitrogens with one attached hydrogen (secondary N) is 4.